The summed E-state index contributed by atoms with van der Waals surface area (Å²) in [6.45, 7) is 5.30. The first-order valence-corrected chi connectivity index (χ1v) is 7.07. The van der Waals surface area contributed by atoms with Crippen LogP contribution >= 0.6 is 0 Å². The lowest BCUT2D eigenvalue weighted by molar-refractivity contribution is 0.227. The molecule has 1 aliphatic rings. The average Bonchev–Trinajstić information content (AvgIpc) is 2.84. The van der Waals surface area contributed by atoms with Gasteiger partial charge in [-0.15, -0.1) is 0 Å². The number of nitrogens with zero attached hydrogens (tertiary/aromatic N) is 3. The second kappa shape index (κ2) is 6.29. The lowest BCUT2D eigenvalue weighted by Crippen LogP contribution is -2.44. The molecule has 1 atom stereocenters. The normalized spacial score (nSPS) is 26.2. The molecule has 0 bridgehead atoms. The van der Waals surface area contributed by atoms with Crippen LogP contribution in [0.25, 0.3) is 0 Å². The molecular formula is C13H25N5. The van der Waals surface area contributed by atoms with E-state index in [-0.39, 0.29) is 0 Å². The highest BCUT2D eigenvalue weighted by Crippen LogP contribution is 2.31. The molecule has 5 heteroatoms. The maximum Gasteiger partial charge on any atom is 0.138 e. The molecule has 0 radical (unpaired) electrons. The van der Waals surface area contributed by atoms with Gasteiger partial charge in [-0.2, -0.15) is 5.10 Å². The van der Waals surface area contributed by atoms with Gasteiger partial charge >= 0.3 is 0 Å². The smallest absolute Gasteiger partial charge is 0.138 e. The quantitative estimate of drug-likeness (QED) is 0.614. The molecule has 3 N–H and O–H groups in total. The first-order valence-electron chi connectivity index (χ1n) is 7.07. The second-order valence-electron chi connectivity index (χ2n) is 5.49. The first-order chi connectivity index (χ1) is 8.74. The Balaban J connectivity index is 1.97. The summed E-state index contributed by atoms with van der Waals surface area (Å²) in [5.74, 6) is 8.33. The average molecular weight is 251 g/mol. The van der Waals surface area contributed by atoms with Gasteiger partial charge < -0.3 is 0 Å². The Morgan fingerprint density at radius 1 is 1.44 bits per heavy atom. The van der Waals surface area contributed by atoms with Crippen molar-refractivity contribution in [2.45, 2.75) is 58.5 Å². The van der Waals surface area contributed by atoms with Gasteiger partial charge in [0.05, 0.1) is 0 Å². The number of aryl methyl sites for hydroxylation is 1. The summed E-state index contributed by atoms with van der Waals surface area (Å²) in [4.78, 5) is 4.34. The topological polar surface area (TPSA) is 68.8 Å². The zero-order valence-corrected chi connectivity index (χ0v) is 11.5. The highest BCUT2D eigenvalue weighted by atomic mass is 15.3. The number of nitrogens with one attached hydrogen (secondary N) is 1. The molecule has 1 aliphatic carbocycles. The van der Waals surface area contributed by atoms with Crippen molar-refractivity contribution in [3.8, 4) is 0 Å². The fraction of sp³-hybridized carbons (Fsp3) is 0.846. The second-order valence-corrected chi connectivity index (χ2v) is 5.49. The Bertz CT molecular complexity index is 354. The number of hydrazine groups is 1. The van der Waals surface area contributed by atoms with Crippen LogP contribution in [-0.2, 0) is 13.0 Å². The highest BCUT2D eigenvalue weighted by Gasteiger charge is 2.26. The van der Waals surface area contributed by atoms with Crippen LogP contribution in [0.2, 0.25) is 0 Å². The maximum atomic E-state index is 5.74. The van der Waals surface area contributed by atoms with Crippen LogP contribution < -0.4 is 11.3 Å². The third-order valence-corrected chi connectivity index (χ3v) is 4.24. The third-order valence-electron chi connectivity index (χ3n) is 4.24. The van der Waals surface area contributed by atoms with Crippen molar-refractivity contribution in [2.75, 3.05) is 0 Å². The zero-order valence-electron chi connectivity index (χ0n) is 11.5. The van der Waals surface area contributed by atoms with Crippen LogP contribution in [0.4, 0.5) is 0 Å². The van der Waals surface area contributed by atoms with Crippen molar-refractivity contribution < 1.29 is 0 Å². The number of nitrogens with two attached hydrogens (primary N) is 1. The number of hydrogen-bond acceptors (Lipinski definition) is 4. The molecule has 0 aliphatic heterocycles. The minimum absolute atomic E-state index is 0.326. The Kier molecular flexibility index (Phi) is 4.72. The molecule has 1 aromatic rings. The molecule has 0 aromatic carbocycles. The largest absolute Gasteiger partial charge is 0.271 e. The predicted octanol–water partition coefficient (Wildman–Crippen LogP) is 1.50. The summed E-state index contributed by atoms with van der Waals surface area (Å²) in [7, 11) is 0. The van der Waals surface area contributed by atoms with Crippen molar-refractivity contribution in [3.63, 3.8) is 0 Å². The van der Waals surface area contributed by atoms with Crippen molar-refractivity contribution in [1.29, 1.82) is 0 Å². The third kappa shape index (κ3) is 3.09. The van der Waals surface area contributed by atoms with Crippen LogP contribution in [0.15, 0.2) is 6.33 Å². The summed E-state index contributed by atoms with van der Waals surface area (Å²) in [5, 5.41) is 4.22. The van der Waals surface area contributed by atoms with Crippen molar-refractivity contribution in [2.24, 2.45) is 17.7 Å². The zero-order chi connectivity index (χ0) is 13.0. The van der Waals surface area contributed by atoms with E-state index in [1.165, 1.54) is 25.7 Å². The van der Waals surface area contributed by atoms with Gasteiger partial charge in [-0.3, -0.25) is 16.0 Å². The summed E-state index contributed by atoms with van der Waals surface area (Å²) in [5.41, 5.74) is 3.00. The van der Waals surface area contributed by atoms with Gasteiger partial charge in [0.2, 0.25) is 0 Å². The Morgan fingerprint density at radius 2 is 2.17 bits per heavy atom. The molecule has 1 aromatic heterocycles. The van der Waals surface area contributed by atoms with E-state index < -0.39 is 0 Å². The van der Waals surface area contributed by atoms with Gasteiger partial charge in [-0.05, 0) is 31.6 Å². The van der Waals surface area contributed by atoms with E-state index in [1.54, 1.807) is 6.33 Å². The van der Waals surface area contributed by atoms with Gasteiger partial charge in [-0.25, -0.2) is 4.98 Å². The van der Waals surface area contributed by atoms with E-state index in [4.69, 9.17) is 5.84 Å². The van der Waals surface area contributed by atoms with Crippen molar-refractivity contribution in [1.82, 2.24) is 20.2 Å². The molecular weight excluding hydrogens is 226 g/mol. The molecule has 5 nitrogen and oxygen atoms in total. The predicted molar refractivity (Wildman–Crippen MR) is 71.6 cm³/mol. The van der Waals surface area contributed by atoms with Crippen molar-refractivity contribution in [3.05, 3.63) is 12.2 Å². The van der Waals surface area contributed by atoms with E-state index in [2.05, 4.69) is 29.4 Å². The van der Waals surface area contributed by atoms with E-state index in [9.17, 15) is 0 Å². The van der Waals surface area contributed by atoms with Crippen LogP contribution in [-0.4, -0.2) is 20.8 Å². The van der Waals surface area contributed by atoms with Gasteiger partial charge in [-0.1, -0.05) is 19.8 Å². The molecule has 0 spiro atoms. The van der Waals surface area contributed by atoms with E-state index in [0.717, 1.165) is 24.7 Å². The minimum atomic E-state index is 0.326. The molecule has 0 saturated heterocycles. The summed E-state index contributed by atoms with van der Waals surface area (Å²) >= 11 is 0. The maximum absolute atomic E-state index is 5.74. The number of rotatable bonds is 5. The van der Waals surface area contributed by atoms with Crippen molar-refractivity contribution >= 4 is 0 Å². The molecule has 1 heterocycles. The minimum Gasteiger partial charge on any atom is -0.271 e. The monoisotopic (exact) mass is 251 g/mol. The number of hydrogen-bond donors (Lipinski definition) is 2. The molecule has 0 amide bonds. The molecule has 102 valence electrons. The van der Waals surface area contributed by atoms with Gasteiger partial charge in [0.15, 0.2) is 0 Å². The van der Waals surface area contributed by atoms with Crippen LogP contribution in [0, 0.1) is 11.8 Å². The van der Waals surface area contributed by atoms with Crippen LogP contribution in [0.3, 0.4) is 0 Å². The Hall–Kier alpha value is -0.940. The van der Waals surface area contributed by atoms with Crippen LogP contribution in [0.5, 0.6) is 0 Å². The first kappa shape index (κ1) is 13.5. The van der Waals surface area contributed by atoms with Gasteiger partial charge in [0.1, 0.15) is 12.2 Å². The van der Waals surface area contributed by atoms with E-state index in [0.29, 0.717) is 12.0 Å². The molecule has 1 fully saturated rings. The summed E-state index contributed by atoms with van der Waals surface area (Å²) < 4.78 is 1.95. The molecule has 18 heavy (non-hydrogen) atoms. The lowest BCUT2D eigenvalue weighted by Gasteiger charge is -2.32. The SMILES string of the molecule is CCn1ncnc1CC(NN)C1CCC(C)CC1. The molecule has 2 rings (SSSR count). The van der Waals surface area contributed by atoms with Gasteiger partial charge in [0, 0.05) is 19.0 Å². The van der Waals surface area contributed by atoms with Crippen LogP contribution in [0.1, 0.15) is 45.4 Å². The Labute approximate surface area is 109 Å². The summed E-state index contributed by atoms with van der Waals surface area (Å²) in [6.07, 6.45) is 7.71. The Morgan fingerprint density at radius 3 is 2.78 bits per heavy atom. The highest BCUT2D eigenvalue weighted by molar-refractivity contribution is 4.92. The lowest BCUT2D eigenvalue weighted by atomic mass is 9.78. The van der Waals surface area contributed by atoms with E-state index >= 15 is 0 Å². The summed E-state index contributed by atoms with van der Waals surface area (Å²) in [6, 6.07) is 0.326. The fourth-order valence-corrected chi connectivity index (χ4v) is 2.96. The standard InChI is InChI=1S/C13H25N5/c1-3-18-13(15-9-16-18)8-12(17-14)11-6-4-10(2)5-7-11/h9-12,17H,3-8,14H2,1-2H3. The number of aromatic nitrogens is 3. The van der Waals surface area contributed by atoms with Gasteiger partial charge in [0.25, 0.3) is 0 Å². The van der Waals surface area contributed by atoms with E-state index in [1.807, 2.05) is 4.68 Å². The molecule has 1 unspecified atom stereocenters. The molecule has 1 saturated carbocycles. The fourth-order valence-electron chi connectivity index (χ4n) is 2.96.